The number of carboxylic acid groups (broad SMARTS) is 1. The van der Waals surface area contributed by atoms with E-state index in [0.717, 1.165) is 57.3 Å². The molecule has 2 N–H and O–H groups in total. The molecule has 1 fully saturated rings. The maximum atomic E-state index is 13.3. The Morgan fingerprint density at radius 1 is 1.03 bits per heavy atom. The number of nitrogens with zero attached hydrogens (tertiary/aromatic N) is 5. The second-order valence-electron chi connectivity index (χ2n) is 9.92. The molecule has 4 aromatic rings. The maximum Gasteiger partial charge on any atom is 0.407 e. The Morgan fingerprint density at radius 3 is 2.62 bits per heavy atom. The number of aromatic amines is 1. The van der Waals surface area contributed by atoms with Crippen molar-refractivity contribution >= 4 is 23.0 Å². The largest absolute Gasteiger partial charge is 0.465 e. The van der Waals surface area contributed by atoms with Crippen molar-refractivity contribution in [3.05, 3.63) is 76.6 Å². The number of H-pyrrole nitrogens is 1. The Balaban J connectivity index is 1.43. The number of fused-ring (bicyclic) bond motifs is 2. The normalized spacial score (nSPS) is 17.3. The average Bonchev–Trinajstić information content (AvgIpc) is 3.55. The molecule has 0 aliphatic carbocycles. The zero-order valence-electron chi connectivity index (χ0n) is 20.9. The first-order chi connectivity index (χ1) is 17.9. The third-order valence-electron chi connectivity index (χ3n) is 7.62. The van der Waals surface area contributed by atoms with Gasteiger partial charge in [0.05, 0.1) is 11.6 Å². The summed E-state index contributed by atoms with van der Waals surface area (Å²) < 4.78 is 0. The molecule has 0 radical (unpaired) electrons. The molecule has 1 aromatic carbocycles. The molecule has 1 unspecified atom stereocenters. The van der Waals surface area contributed by atoms with Crippen LogP contribution in [0.4, 0.5) is 4.79 Å². The summed E-state index contributed by atoms with van der Waals surface area (Å²) in [5.41, 5.74) is 7.63. The van der Waals surface area contributed by atoms with Gasteiger partial charge in [0.25, 0.3) is 5.91 Å². The SMILES string of the molecule is Cc1ncc(C(=O)N2CCc3cc(-c4cnc5[nH]cc(C)c5c4)cc(C4CCCN4C(=O)O)c3C2)cn1. The molecule has 5 heterocycles. The van der Waals surface area contributed by atoms with Crippen molar-refractivity contribution in [3.63, 3.8) is 0 Å². The Kier molecular flexibility index (Phi) is 5.62. The van der Waals surface area contributed by atoms with Crippen LogP contribution < -0.4 is 0 Å². The van der Waals surface area contributed by atoms with E-state index in [1.54, 1.807) is 19.3 Å². The number of hydrogen-bond donors (Lipinski definition) is 2. The van der Waals surface area contributed by atoms with Crippen LogP contribution in [0.15, 0.2) is 43.0 Å². The average molecular weight is 497 g/mol. The molecule has 0 saturated carbocycles. The second-order valence-corrected chi connectivity index (χ2v) is 9.92. The first-order valence-electron chi connectivity index (χ1n) is 12.6. The van der Waals surface area contributed by atoms with Crippen LogP contribution in [0.2, 0.25) is 0 Å². The van der Waals surface area contributed by atoms with Crippen LogP contribution >= 0.6 is 0 Å². The number of nitrogens with one attached hydrogen (secondary N) is 1. The van der Waals surface area contributed by atoms with Gasteiger partial charge in [-0.15, -0.1) is 0 Å². The minimum Gasteiger partial charge on any atom is -0.465 e. The summed E-state index contributed by atoms with van der Waals surface area (Å²) in [6.45, 7) is 5.35. The van der Waals surface area contributed by atoms with Crippen molar-refractivity contribution in [1.82, 2.24) is 29.7 Å². The highest BCUT2D eigenvalue weighted by Crippen LogP contribution is 2.40. The molecule has 2 amide bonds. The summed E-state index contributed by atoms with van der Waals surface area (Å²) in [4.78, 5) is 44.9. The predicted molar refractivity (Wildman–Crippen MR) is 138 cm³/mol. The summed E-state index contributed by atoms with van der Waals surface area (Å²) in [6, 6.07) is 6.19. The van der Waals surface area contributed by atoms with Gasteiger partial charge in [0.2, 0.25) is 0 Å². The third kappa shape index (κ3) is 4.10. The quantitative estimate of drug-likeness (QED) is 0.427. The second kappa shape index (κ2) is 8.99. The van der Waals surface area contributed by atoms with Crippen LogP contribution in [-0.4, -0.2) is 59.9 Å². The highest BCUT2D eigenvalue weighted by atomic mass is 16.4. The van der Waals surface area contributed by atoms with E-state index in [0.29, 0.717) is 37.4 Å². The van der Waals surface area contributed by atoms with Crippen molar-refractivity contribution in [3.8, 4) is 11.1 Å². The van der Waals surface area contributed by atoms with Crippen LogP contribution in [0.25, 0.3) is 22.2 Å². The third-order valence-corrected chi connectivity index (χ3v) is 7.62. The zero-order chi connectivity index (χ0) is 25.7. The predicted octanol–water partition coefficient (Wildman–Crippen LogP) is 4.65. The molecule has 0 bridgehead atoms. The number of hydrogen-bond acceptors (Lipinski definition) is 5. The number of aromatic nitrogens is 4. The Hall–Kier alpha value is -4.27. The number of benzene rings is 1. The van der Waals surface area contributed by atoms with E-state index >= 15 is 0 Å². The lowest BCUT2D eigenvalue weighted by molar-refractivity contribution is 0.0731. The summed E-state index contributed by atoms with van der Waals surface area (Å²) in [7, 11) is 0. The standard InChI is InChI=1S/C28H28N6O3/c1-16-11-31-26-22(16)10-20(12-32-26)19-8-18-5-7-33(27(35)21-13-29-17(2)30-14-21)15-24(18)23(9-19)25-4-3-6-34(25)28(36)37/h8-14,25H,3-7,15H2,1-2H3,(H,31,32)(H,36,37). The maximum absolute atomic E-state index is 13.3. The Labute approximate surface area is 214 Å². The summed E-state index contributed by atoms with van der Waals surface area (Å²) in [5.74, 6) is 0.507. The molecule has 3 aromatic heterocycles. The van der Waals surface area contributed by atoms with Crippen LogP contribution in [0.1, 0.15) is 57.3 Å². The van der Waals surface area contributed by atoms with Crippen molar-refractivity contribution in [2.45, 2.75) is 45.7 Å². The molecule has 9 nitrogen and oxygen atoms in total. The zero-order valence-corrected chi connectivity index (χ0v) is 20.9. The van der Waals surface area contributed by atoms with E-state index in [9.17, 15) is 14.7 Å². The van der Waals surface area contributed by atoms with Gasteiger partial charge in [-0.3, -0.25) is 4.79 Å². The molecule has 188 valence electrons. The fourth-order valence-corrected chi connectivity index (χ4v) is 5.63. The van der Waals surface area contributed by atoms with Crippen LogP contribution in [0, 0.1) is 13.8 Å². The first kappa shape index (κ1) is 23.1. The molecule has 9 heteroatoms. The highest BCUT2D eigenvalue weighted by molar-refractivity contribution is 5.94. The topological polar surface area (TPSA) is 115 Å². The van der Waals surface area contributed by atoms with Gasteiger partial charge < -0.3 is 19.9 Å². The Morgan fingerprint density at radius 2 is 1.84 bits per heavy atom. The van der Waals surface area contributed by atoms with Gasteiger partial charge in [0.15, 0.2) is 0 Å². The lowest BCUT2D eigenvalue weighted by atomic mass is 9.86. The molecule has 6 rings (SSSR count). The number of carbonyl (C=O) groups excluding carboxylic acids is 1. The first-order valence-corrected chi connectivity index (χ1v) is 12.6. The van der Waals surface area contributed by atoms with E-state index in [-0.39, 0.29) is 11.9 Å². The summed E-state index contributed by atoms with van der Waals surface area (Å²) in [6.07, 6.45) is 8.31. The van der Waals surface area contributed by atoms with Gasteiger partial charge in [0, 0.05) is 55.4 Å². The number of amides is 2. The lowest BCUT2D eigenvalue weighted by Crippen LogP contribution is -2.37. The van der Waals surface area contributed by atoms with Crippen LogP contribution in [-0.2, 0) is 13.0 Å². The number of rotatable bonds is 3. The van der Waals surface area contributed by atoms with Crippen molar-refractivity contribution in [2.24, 2.45) is 0 Å². The van der Waals surface area contributed by atoms with Gasteiger partial charge in [-0.05, 0) is 73.1 Å². The molecular weight excluding hydrogens is 468 g/mol. The van der Waals surface area contributed by atoms with Gasteiger partial charge in [-0.1, -0.05) is 6.07 Å². The van der Waals surface area contributed by atoms with Crippen molar-refractivity contribution in [1.29, 1.82) is 0 Å². The summed E-state index contributed by atoms with van der Waals surface area (Å²) in [5, 5.41) is 11.0. The summed E-state index contributed by atoms with van der Waals surface area (Å²) >= 11 is 0. The number of carbonyl (C=O) groups is 2. The fraction of sp³-hybridized carbons (Fsp3) is 0.321. The molecule has 0 spiro atoms. The monoisotopic (exact) mass is 496 g/mol. The Bertz CT molecular complexity index is 1530. The molecule has 1 saturated heterocycles. The number of pyridine rings is 1. The minimum absolute atomic E-state index is 0.111. The van der Waals surface area contributed by atoms with E-state index in [1.807, 2.05) is 17.3 Å². The molecule has 2 aliphatic heterocycles. The molecule has 1 atom stereocenters. The van der Waals surface area contributed by atoms with E-state index in [2.05, 4.69) is 45.1 Å². The van der Waals surface area contributed by atoms with Gasteiger partial charge in [0.1, 0.15) is 11.5 Å². The van der Waals surface area contributed by atoms with Crippen molar-refractivity contribution < 1.29 is 14.7 Å². The van der Waals surface area contributed by atoms with Gasteiger partial charge in [-0.25, -0.2) is 19.7 Å². The van der Waals surface area contributed by atoms with Crippen LogP contribution in [0.3, 0.4) is 0 Å². The molecule has 2 aliphatic rings. The van der Waals surface area contributed by atoms with Crippen molar-refractivity contribution in [2.75, 3.05) is 13.1 Å². The minimum atomic E-state index is -0.909. The lowest BCUT2D eigenvalue weighted by Gasteiger charge is -2.33. The fourth-order valence-electron chi connectivity index (χ4n) is 5.63. The van der Waals surface area contributed by atoms with Gasteiger partial charge >= 0.3 is 6.09 Å². The number of likely N-dealkylation sites (tertiary alicyclic amines) is 1. The van der Waals surface area contributed by atoms with E-state index < -0.39 is 6.09 Å². The smallest absolute Gasteiger partial charge is 0.407 e. The molecular formula is C28H28N6O3. The van der Waals surface area contributed by atoms with Crippen LogP contribution in [0.5, 0.6) is 0 Å². The van der Waals surface area contributed by atoms with E-state index in [4.69, 9.17) is 0 Å². The number of aryl methyl sites for hydroxylation is 2. The highest BCUT2D eigenvalue weighted by Gasteiger charge is 2.34. The van der Waals surface area contributed by atoms with E-state index in [1.165, 1.54) is 4.90 Å². The molecule has 37 heavy (non-hydrogen) atoms. The van der Waals surface area contributed by atoms with Gasteiger partial charge in [-0.2, -0.15) is 0 Å².